The molecule has 7 rings (SSSR count). The molecule has 36 heavy (non-hydrogen) atoms. The Labute approximate surface area is 211 Å². The van der Waals surface area contributed by atoms with Crippen molar-refractivity contribution in [2.45, 2.75) is 37.8 Å². The summed E-state index contributed by atoms with van der Waals surface area (Å²) in [4.78, 5) is 12.0. The first kappa shape index (κ1) is 21.9. The van der Waals surface area contributed by atoms with Crippen LogP contribution in [0.25, 0.3) is 11.3 Å². The van der Waals surface area contributed by atoms with Gasteiger partial charge in [-0.1, -0.05) is 6.07 Å². The van der Waals surface area contributed by atoms with E-state index in [1.165, 1.54) is 24.0 Å². The van der Waals surface area contributed by atoms with Gasteiger partial charge >= 0.3 is 0 Å². The van der Waals surface area contributed by atoms with Gasteiger partial charge in [0.05, 0.1) is 24.6 Å². The highest BCUT2D eigenvalue weighted by atomic mass is 16.5. The standard InChI is InChI=1S/C28H31N5O3/c1-2-19-15-29-28-31-20-6-8-25(33-16-21-4-5-22(17-33)30-21)26(13-20)36-12-10-34-9-11-35-23-7-3-18(1)24(14-23)27(19)32-28/h3,6-8,13-15,21-22,30H,1-2,4-5,9-12,16-17H2,(H,29,31,32). The molecule has 186 valence electrons. The lowest BCUT2D eigenvalue weighted by atomic mass is 9.90. The molecule has 1 aromatic heterocycles. The second kappa shape index (κ2) is 9.26. The van der Waals surface area contributed by atoms with Crippen molar-refractivity contribution in [3.8, 4) is 22.8 Å². The van der Waals surface area contributed by atoms with Crippen LogP contribution >= 0.6 is 0 Å². The number of ether oxygens (including phenoxy) is 3. The molecule has 2 unspecified atom stereocenters. The van der Waals surface area contributed by atoms with Crippen LogP contribution in [0.3, 0.4) is 0 Å². The van der Waals surface area contributed by atoms with Gasteiger partial charge in [-0.3, -0.25) is 0 Å². The average Bonchev–Trinajstić information content (AvgIpc) is 3.25. The molecule has 4 heterocycles. The van der Waals surface area contributed by atoms with E-state index in [2.05, 4.69) is 50.8 Å². The Bertz CT molecular complexity index is 1270. The van der Waals surface area contributed by atoms with Gasteiger partial charge in [0.2, 0.25) is 5.95 Å². The maximum atomic E-state index is 6.28. The second-order valence-corrected chi connectivity index (χ2v) is 10.0. The SMILES string of the molecule is c1cc(N2CC3CCC(C2)N3)c2cc1Nc1ncc3c(n1)-c1cc(ccc1CC3)OCCOCCO2. The Morgan fingerprint density at radius 2 is 1.69 bits per heavy atom. The molecule has 0 spiro atoms. The Morgan fingerprint density at radius 1 is 0.861 bits per heavy atom. The van der Waals surface area contributed by atoms with Crippen molar-refractivity contribution in [2.75, 3.05) is 49.7 Å². The number of hydrogen-bond acceptors (Lipinski definition) is 8. The quantitative estimate of drug-likeness (QED) is 0.540. The van der Waals surface area contributed by atoms with Gasteiger partial charge < -0.3 is 29.7 Å². The van der Waals surface area contributed by atoms with Crippen LogP contribution in [-0.2, 0) is 17.6 Å². The number of aromatic nitrogens is 2. The van der Waals surface area contributed by atoms with Gasteiger partial charge in [0.15, 0.2) is 0 Å². The zero-order valence-electron chi connectivity index (χ0n) is 20.3. The van der Waals surface area contributed by atoms with Crippen molar-refractivity contribution in [1.29, 1.82) is 0 Å². The lowest BCUT2D eigenvalue weighted by molar-refractivity contribution is 0.0765. The zero-order chi connectivity index (χ0) is 23.9. The Kier molecular flexibility index (Phi) is 5.63. The number of aryl methyl sites for hydroxylation is 2. The van der Waals surface area contributed by atoms with Gasteiger partial charge in [0.25, 0.3) is 0 Å². The minimum absolute atomic E-state index is 0.476. The lowest BCUT2D eigenvalue weighted by Gasteiger charge is -2.35. The van der Waals surface area contributed by atoms with Gasteiger partial charge in [0, 0.05) is 48.7 Å². The second-order valence-electron chi connectivity index (χ2n) is 10.0. The molecule has 0 radical (unpaired) electrons. The molecule has 1 aliphatic carbocycles. The molecule has 2 atom stereocenters. The Hall–Kier alpha value is -3.36. The summed E-state index contributed by atoms with van der Waals surface area (Å²) in [6, 6.07) is 13.7. The third kappa shape index (κ3) is 4.24. The van der Waals surface area contributed by atoms with Crippen molar-refractivity contribution < 1.29 is 14.2 Å². The van der Waals surface area contributed by atoms with E-state index in [9.17, 15) is 0 Å². The van der Waals surface area contributed by atoms with Crippen LogP contribution in [0.15, 0.2) is 42.6 Å². The van der Waals surface area contributed by atoms with Crippen LogP contribution in [0.5, 0.6) is 11.5 Å². The summed E-state index contributed by atoms with van der Waals surface area (Å²) in [7, 11) is 0. The minimum Gasteiger partial charge on any atom is -0.491 e. The van der Waals surface area contributed by atoms with E-state index >= 15 is 0 Å². The van der Waals surface area contributed by atoms with Crippen LogP contribution in [0.1, 0.15) is 24.0 Å². The van der Waals surface area contributed by atoms with Crippen LogP contribution in [0.4, 0.5) is 17.3 Å². The summed E-state index contributed by atoms with van der Waals surface area (Å²) in [5.74, 6) is 2.28. The van der Waals surface area contributed by atoms with Gasteiger partial charge in [0.1, 0.15) is 24.7 Å². The van der Waals surface area contributed by atoms with Gasteiger partial charge in [-0.15, -0.1) is 0 Å². The highest BCUT2D eigenvalue weighted by molar-refractivity contribution is 5.73. The highest BCUT2D eigenvalue weighted by Crippen LogP contribution is 2.37. The molecule has 4 aliphatic rings. The molecule has 2 N–H and O–H groups in total. The molecule has 2 fully saturated rings. The molecule has 8 heteroatoms. The number of hydrogen-bond donors (Lipinski definition) is 2. The smallest absolute Gasteiger partial charge is 0.227 e. The molecule has 8 bridgehead atoms. The first-order valence-electron chi connectivity index (χ1n) is 13.0. The number of rotatable bonds is 1. The molecule has 2 saturated heterocycles. The van der Waals surface area contributed by atoms with Crippen molar-refractivity contribution in [3.05, 3.63) is 53.7 Å². The Balaban J connectivity index is 1.23. The fourth-order valence-electron chi connectivity index (χ4n) is 5.86. The summed E-state index contributed by atoms with van der Waals surface area (Å²) >= 11 is 0. The highest BCUT2D eigenvalue weighted by Gasteiger charge is 2.33. The fourth-order valence-corrected chi connectivity index (χ4v) is 5.86. The monoisotopic (exact) mass is 485 g/mol. The molecule has 8 nitrogen and oxygen atoms in total. The van der Waals surface area contributed by atoms with E-state index in [1.807, 2.05) is 12.3 Å². The summed E-state index contributed by atoms with van der Waals surface area (Å²) in [6.07, 6.45) is 6.36. The van der Waals surface area contributed by atoms with E-state index in [4.69, 9.17) is 19.2 Å². The number of nitrogens with zero attached hydrogens (tertiary/aromatic N) is 3. The average molecular weight is 486 g/mol. The lowest BCUT2D eigenvalue weighted by Crippen LogP contribution is -2.51. The van der Waals surface area contributed by atoms with Crippen LogP contribution in [-0.4, -0.2) is 61.6 Å². The topological polar surface area (TPSA) is 80.8 Å². The van der Waals surface area contributed by atoms with Crippen LogP contribution < -0.4 is 25.0 Å². The molecule has 0 saturated carbocycles. The number of piperazine rings is 1. The molecule has 0 amide bonds. The third-order valence-corrected chi connectivity index (χ3v) is 7.62. The maximum Gasteiger partial charge on any atom is 0.227 e. The van der Waals surface area contributed by atoms with Crippen LogP contribution in [0, 0.1) is 0 Å². The van der Waals surface area contributed by atoms with Crippen LogP contribution in [0.2, 0.25) is 0 Å². The van der Waals surface area contributed by atoms with Crippen molar-refractivity contribution in [3.63, 3.8) is 0 Å². The first-order valence-corrected chi connectivity index (χ1v) is 13.0. The number of benzene rings is 2. The number of nitrogens with one attached hydrogen (secondary N) is 2. The number of fused-ring (bicyclic) bond motifs is 6. The molecular weight excluding hydrogens is 454 g/mol. The maximum absolute atomic E-state index is 6.28. The molecule has 2 aromatic carbocycles. The minimum atomic E-state index is 0.476. The van der Waals surface area contributed by atoms with E-state index in [-0.39, 0.29) is 0 Å². The van der Waals surface area contributed by atoms with Crippen molar-refractivity contribution >= 4 is 17.3 Å². The molecule has 3 aliphatic heterocycles. The van der Waals surface area contributed by atoms with Crippen molar-refractivity contribution in [2.24, 2.45) is 0 Å². The summed E-state index contributed by atoms with van der Waals surface area (Å²) in [6.45, 7) is 3.99. The molecular formula is C28H31N5O3. The summed E-state index contributed by atoms with van der Waals surface area (Å²) in [5.41, 5.74) is 6.59. The largest absolute Gasteiger partial charge is 0.491 e. The van der Waals surface area contributed by atoms with Gasteiger partial charge in [-0.25, -0.2) is 9.97 Å². The zero-order valence-corrected chi connectivity index (χ0v) is 20.3. The van der Waals surface area contributed by atoms with E-state index < -0.39 is 0 Å². The predicted molar refractivity (Wildman–Crippen MR) is 139 cm³/mol. The Morgan fingerprint density at radius 3 is 2.58 bits per heavy atom. The number of anilines is 3. The van der Waals surface area contributed by atoms with Crippen molar-refractivity contribution in [1.82, 2.24) is 15.3 Å². The van der Waals surface area contributed by atoms with Gasteiger partial charge in [-0.05, 0) is 61.1 Å². The first-order chi connectivity index (χ1) is 17.8. The normalized spacial score (nSPS) is 22.8. The summed E-state index contributed by atoms with van der Waals surface area (Å²) in [5, 5.41) is 7.13. The predicted octanol–water partition coefficient (Wildman–Crippen LogP) is 3.71. The van der Waals surface area contributed by atoms with E-state index in [0.717, 1.165) is 60.1 Å². The molecule has 3 aromatic rings. The fraction of sp³-hybridized carbons (Fsp3) is 0.429. The van der Waals surface area contributed by atoms with Gasteiger partial charge in [-0.2, -0.15) is 0 Å². The third-order valence-electron chi connectivity index (χ3n) is 7.62. The van der Waals surface area contributed by atoms with E-state index in [0.29, 0.717) is 44.5 Å². The summed E-state index contributed by atoms with van der Waals surface area (Å²) < 4.78 is 18.1. The van der Waals surface area contributed by atoms with E-state index in [1.54, 1.807) is 0 Å².